The minimum Gasteiger partial charge on any atom is -0.481 e. The van der Waals surface area contributed by atoms with Crippen LogP contribution in [0.2, 0.25) is 0 Å². The number of nitrogen functional groups attached to an aromatic ring is 1. The molecule has 37 heavy (non-hydrogen) atoms. The number of nitrogens with zero attached hydrogens (tertiary/aromatic N) is 2. The van der Waals surface area contributed by atoms with Gasteiger partial charge in [-0.25, -0.2) is 13.4 Å². The van der Waals surface area contributed by atoms with Crippen LogP contribution in [0.5, 0.6) is 0 Å². The summed E-state index contributed by atoms with van der Waals surface area (Å²) >= 11 is 1.16. The largest absolute Gasteiger partial charge is 0.481 e. The first-order valence-corrected chi connectivity index (χ1v) is 13.8. The first-order chi connectivity index (χ1) is 17.3. The Morgan fingerprint density at radius 1 is 0.946 bits per heavy atom. The zero-order valence-corrected chi connectivity index (χ0v) is 21.4. The average molecular weight is 570 g/mol. The summed E-state index contributed by atoms with van der Waals surface area (Å²) in [6, 6.07) is 11.1. The zero-order chi connectivity index (χ0) is 27.6. The summed E-state index contributed by atoms with van der Waals surface area (Å²) in [5.74, 6) is -2.01. The molecule has 0 fully saturated rings. The van der Waals surface area contributed by atoms with Crippen LogP contribution in [0.25, 0.3) is 0 Å². The van der Waals surface area contributed by atoms with E-state index < -0.39 is 37.9 Å². The van der Waals surface area contributed by atoms with Crippen molar-refractivity contribution in [3.05, 3.63) is 60.1 Å². The van der Waals surface area contributed by atoms with E-state index in [2.05, 4.69) is 19.4 Å². The van der Waals surface area contributed by atoms with Crippen molar-refractivity contribution in [3.8, 4) is 0 Å². The predicted molar refractivity (Wildman–Crippen MR) is 139 cm³/mol. The number of rotatable bonds is 9. The number of carboxylic acid groups (broad SMARTS) is 1. The van der Waals surface area contributed by atoms with Crippen molar-refractivity contribution in [1.29, 1.82) is 0 Å². The van der Waals surface area contributed by atoms with E-state index >= 15 is 0 Å². The Morgan fingerprint density at radius 3 is 2.05 bits per heavy atom. The number of hydrogen-bond donors (Lipinski definition) is 6. The number of amides is 1. The number of aromatic nitrogens is 1. The Bertz CT molecular complexity index is 1450. The molecule has 1 heterocycles. The number of anilines is 3. The van der Waals surface area contributed by atoms with Crippen LogP contribution < -0.4 is 27.2 Å². The van der Waals surface area contributed by atoms with Crippen molar-refractivity contribution >= 4 is 65.7 Å². The molecule has 0 atom stereocenters. The molecule has 0 aliphatic rings. The molecule has 0 aliphatic carbocycles. The van der Waals surface area contributed by atoms with Gasteiger partial charge in [-0.15, -0.1) is 15.7 Å². The van der Waals surface area contributed by atoms with E-state index in [9.17, 15) is 26.4 Å². The molecule has 3 rings (SSSR count). The summed E-state index contributed by atoms with van der Waals surface area (Å²) in [6.45, 7) is 0. The smallest absolute Gasteiger partial charge is 0.303 e. The van der Waals surface area contributed by atoms with Crippen LogP contribution in [0, 0.1) is 0 Å². The van der Waals surface area contributed by atoms with Gasteiger partial charge in [0, 0.05) is 29.4 Å². The molecule has 0 aliphatic heterocycles. The number of thiazole rings is 1. The van der Waals surface area contributed by atoms with Gasteiger partial charge >= 0.3 is 5.97 Å². The van der Waals surface area contributed by atoms with Crippen LogP contribution in [0.15, 0.2) is 74.3 Å². The number of carbonyl (C=O) groups excluding carboxylic acids is 1. The number of hydrogen-bond acceptors (Lipinski definition) is 9. The first kappa shape index (κ1) is 29.0. The Labute approximate surface area is 216 Å². The molecule has 198 valence electrons. The molecule has 2 aromatic carbocycles. The summed E-state index contributed by atoms with van der Waals surface area (Å²) in [6.07, 6.45) is 1.06. The first-order valence-electron chi connectivity index (χ1n) is 10.0. The summed E-state index contributed by atoms with van der Waals surface area (Å²) < 4.78 is 52.4. The third-order valence-corrected chi connectivity index (χ3v) is 7.56. The van der Waals surface area contributed by atoms with Gasteiger partial charge in [0.25, 0.3) is 20.0 Å². The van der Waals surface area contributed by atoms with Crippen LogP contribution in [0.1, 0.15) is 12.8 Å². The normalized spacial score (nSPS) is 10.9. The van der Waals surface area contributed by atoms with Gasteiger partial charge in [0.05, 0.1) is 16.2 Å². The number of nitrogens with two attached hydrogens (primary N) is 3. The van der Waals surface area contributed by atoms with Crippen molar-refractivity contribution in [2.45, 2.75) is 22.6 Å². The Hall–Kier alpha value is -4.22. The fourth-order valence-corrected chi connectivity index (χ4v) is 5.09. The van der Waals surface area contributed by atoms with Crippen molar-refractivity contribution in [2.75, 3.05) is 15.8 Å². The van der Waals surface area contributed by atoms with E-state index in [0.717, 1.165) is 11.3 Å². The molecule has 0 saturated carbocycles. The number of nitrogens with one attached hydrogen (secondary N) is 2. The Kier molecular flexibility index (Phi) is 9.92. The Morgan fingerprint density at radius 2 is 1.54 bits per heavy atom. The number of carboxylic acids is 1. The third kappa shape index (κ3) is 9.74. The molecule has 14 nitrogen and oxygen atoms in total. The highest BCUT2D eigenvalue weighted by Gasteiger charge is 2.16. The zero-order valence-electron chi connectivity index (χ0n) is 18.9. The lowest BCUT2D eigenvalue weighted by molar-refractivity contribution is -0.138. The second kappa shape index (κ2) is 12.7. The van der Waals surface area contributed by atoms with Crippen LogP contribution in [0.4, 0.5) is 16.5 Å². The molecule has 3 aromatic rings. The minimum absolute atomic E-state index is 0.0000926. The van der Waals surface area contributed by atoms with E-state index in [1.54, 1.807) is 5.38 Å². The Balaban J connectivity index is 0.000000294. The second-order valence-corrected chi connectivity index (χ2v) is 11.2. The van der Waals surface area contributed by atoms with Crippen molar-refractivity contribution in [3.63, 3.8) is 0 Å². The van der Waals surface area contributed by atoms with Gasteiger partial charge in [-0.05, 0) is 48.5 Å². The topological polar surface area (TPSA) is 250 Å². The molecule has 17 heteroatoms. The van der Waals surface area contributed by atoms with Crippen LogP contribution in [-0.4, -0.2) is 44.8 Å². The van der Waals surface area contributed by atoms with Crippen molar-refractivity contribution in [1.82, 2.24) is 4.98 Å². The van der Waals surface area contributed by atoms with Gasteiger partial charge in [-0.1, -0.05) is 0 Å². The third-order valence-electron chi connectivity index (χ3n) is 4.07. The SMILES string of the molecule is NC(N)=NS(=O)(=O)c1ccc(N)cc1.O=C(O)CCC(=O)Nc1ccc(S(=O)(=O)Nc2nccs2)cc1. The van der Waals surface area contributed by atoms with E-state index in [4.69, 9.17) is 22.3 Å². The number of benzene rings is 2. The predicted octanol–water partition coefficient (Wildman–Crippen LogP) is 0.978. The lowest BCUT2D eigenvalue weighted by Gasteiger charge is -2.07. The minimum atomic E-state index is -3.79. The van der Waals surface area contributed by atoms with Gasteiger partial charge in [-0.2, -0.15) is 8.42 Å². The number of carbonyl (C=O) groups is 2. The van der Waals surface area contributed by atoms with E-state index in [1.807, 2.05) is 0 Å². The second-order valence-electron chi connectivity index (χ2n) is 6.97. The average Bonchev–Trinajstić information content (AvgIpc) is 3.30. The van der Waals surface area contributed by atoms with Crippen LogP contribution in [0.3, 0.4) is 0 Å². The molecule has 9 N–H and O–H groups in total. The highest BCUT2D eigenvalue weighted by molar-refractivity contribution is 7.93. The van der Waals surface area contributed by atoms with Crippen LogP contribution >= 0.6 is 11.3 Å². The van der Waals surface area contributed by atoms with E-state index in [-0.39, 0.29) is 27.8 Å². The molecule has 0 unspecified atom stereocenters. The molecule has 1 aromatic heterocycles. The molecule has 0 saturated heterocycles. The van der Waals surface area contributed by atoms with Crippen molar-refractivity contribution in [2.24, 2.45) is 15.9 Å². The number of guanidine groups is 1. The van der Waals surface area contributed by atoms with Gasteiger partial charge in [0.2, 0.25) is 11.9 Å². The molecular formula is C20H23N7O7S3. The quantitative estimate of drug-likeness (QED) is 0.120. The monoisotopic (exact) mass is 569 g/mol. The summed E-state index contributed by atoms with van der Waals surface area (Å²) in [5.41, 5.74) is 16.2. The maximum Gasteiger partial charge on any atom is 0.303 e. The van der Waals surface area contributed by atoms with E-state index in [1.165, 1.54) is 54.7 Å². The number of sulfonamides is 2. The summed E-state index contributed by atoms with van der Waals surface area (Å²) in [4.78, 5) is 25.7. The lowest BCUT2D eigenvalue weighted by atomic mass is 10.2. The fraction of sp³-hybridized carbons (Fsp3) is 0.100. The summed E-state index contributed by atoms with van der Waals surface area (Å²) in [5, 5.41) is 12.9. The van der Waals surface area contributed by atoms with Gasteiger partial charge in [0.1, 0.15) is 0 Å². The molecule has 0 bridgehead atoms. The van der Waals surface area contributed by atoms with Crippen molar-refractivity contribution < 1.29 is 31.5 Å². The number of aliphatic carboxylic acids is 1. The highest BCUT2D eigenvalue weighted by atomic mass is 32.2. The molecular weight excluding hydrogens is 546 g/mol. The maximum atomic E-state index is 12.1. The summed E-state index contributed by atoms with van der Waals surface area (Å²) in [7, 11) is -7.54. The molecule has 0 spiro atoms. The fourth-order valence-electron chi connectivity index (χ4n) is 2.44. The van der Waals surface area contributed by atoms with E-state index in [0.29, 0.717) is 11.4 Å². The molecule has 1 amide bonds. The van der Waals surface area contributed by atoms with Gasteiger partial charge in [0.15, 0.2) is 5.13 Å². The lowest BCUT2D eigenvalue weighted by Crippen LogP contribution is -2.24. The van der Waals surface area contributed by atoms with Gasteiger partial charge < -0.3 is 27.6 Å². The van der Waals surface area contributed by atoms with Gasteiger partial charge in [-0.3, -0.25) is 14.3 Å². The standard InChI is InChI=1S/C13H13N3O5S2.C7H10N4O2S/c17-11(5-6-12(18)19)15-9-1-3-10(4-2-9)23(20,21)16-13-14-7-8-22-13;8-5-1-3-6(4-2-5)14(12,13)11-7(9)10/h1-4,7-8H,5-6H2,(H,14,16)(H,15,17)(H,18,19);1-4H,8H2,(H4,9,10,11). The maximum absolute atomic E-state index is 12.1. The van der Waals surface area contributed by atoms with Crippen LogP contribution in [-0.2, 0) is 29.6 Å². The molecule has 0 radical (unpaired) electrons. The highest BCUT2D eigenvalue weighted by Crippen LogP contribution is 2.19.